The first-order valence-electron chi connectivity index (χ1n) is 7.50. The number of carbonyl (C=O) groups excluding carboxylic acids is 1. The van der Waals surface area contributed by atoms with E-state index in [4.69, 9.17) is 9.47 Å². The standard InChI is InChI=1S/C16H24N2O3/c1-20-10-11-21-15-4-2-14(3-5-15)16(19)18-9-7-13-6-8-17-12-13/h2-5,13,17H,6-12H2,1H3,(H,18,19). The predicted octanol–water partition coefficient (Wildman–Crippen LogP) is 1.44. The fourth-order valence-corrected chi connectivity index (χ4v) is 2.40. The number of methoxy groups -OCH3 is 1. The fraction of sp³-hybridized carbons (Fsp3) is 0.562. The summed E-state index contributed by atoms with van der Waals surface area (Å²) in [5, 5.41) is 6.30. The van der Waals surface area contributed by atoms with Gasteiger partial charge in [-0.15, -0.1) is 0 Å². The zero-order valence-corrected chi connectivity index (χ0v) is 12.6. The Labute approximate surface area is 126 Å². The van der Waals surface area contributed by atoms with Crippen LogP contribution >= 0.6 is 0 Å². The summed E-state index contributed by atoms with van der Waals surface area (Å²) in [5.41, 5.74) is 0.665. The van der Waals surface area contributed by atoms with E-state index in [1.807, 2.05) is 12.1 Å². The molecule has 0 spiro atoms. The van der Waals surface area contributed by atoms with E-state index in [1.165, 1.54) is 6.42 Å². The van der Waals surface area contributed by atoms with Crippen molar-refractivity contribution in [1.82, 2.24) is 10.6 Å². The maximum Gasteiger partial charge on any atom is 0.251 e. The highest BCUT2D eigenvalue weighted by Gasteiger charge is 2.14. The number of hydrogen-bond donors (Lipinski definition) is 2. The molecule has 1 aromatic rings. The zero-order valence-electron chi connectivity index (χ0n) is 12.6. The first kappa shape index (κ1) is 15.8. The third kappa shape index (κ3) is 5.36. The Bertz CT molecular complexity index is 428. The monoisotopic (exact) mass is 292 g/mol. The molecule has 1 atom stereocenters. The molecule has 0 radical (unpaired) electrons. The van der Waals surface area contributed by atoms with Gasteiger partial charge >= 0.3 is 0 Å². The van der Waals surface area contributed by atoms with Crippen LogP contribution in [-0.4, -0.2) is 45.9 Å². The summed E-state index contributed by atoms with van der Waals surface area (Å²) in [6.07, 6.45) is 2.25. The Morgan fingerprint density at radius 3 is 2.81 bits per heavy atom. The van der Waals surface area contributed by atoms with Gasteiger partial charge in [-0.3, -0.25) is 4.79 Å². The SMILES string of the molecule is COCCOc1ccc(C(=O)NCCC2CCNC2)cc1. The summed E-state index contributed by atoms with van der Waals surface area (Å²) in [4.78, 5) is 12.0. The van der Waals surface area contributed by atoms with E-state index in [0.29, 0.717) is 24.7 Å². The van der Waals surface area contributed by atoms with Crippen LogP contribution in [0.25, 0.3) is 0 Å². The fourth-order valence-electron chi connectivity index (χ4n) is 2.40. The number of rotatable bonds is 8. The molecule has 2 N–H and O–H groups in total. The van der Waals surface area contributed by atoms with Crippen molar-refractivity contribution in [3.63, 3.8) is 0 Å². The maximum absolute atomic E-state index is 12.0. The number of carbonyl (C=O) groups is 1. The number of benzene rings is 1. The highest BCUT2D eigenvalue weighted by molar-refractivity contribution is 5.94. The minimum atomic E-state index is -0.0237. The molecule has 2 rings (SSSR count). The quantitative estimate of drug-likeness (QED) is 0.712. The minimum absolute atomic E-state index is 0.0237. The van der Waals surface area contributed by atoms with Crippen molar-refractivity contribution in [2.24, 2.45) is 5.92 Å². The average molecular weight is 292 g/mol. The van der Waals surface area contributed by atoms with E-state index in [1.54, 1.807) is 19.2 Å². The van der Waals surface area contributed by atoms with Crippen LogP contribution in [-0.2, 0) is 4.74 Å². The molecule has 1 fully saturated rings. The van der Waals surface area contributed by atoms with Gasteiger partial charge in [0.2, 0.25) is 0 Å². The van der Waals surface area contributed by atoms with Crippen LogP contribution in [0, 0.1) is 5.92 Å². The maximum atomic E-state index is 12.0. The van der Waals surface area contributed by atoms with Crippen LogP contribution in [0.2, 0.25) is 0 Å². The largest absolute Gasteiger partial charge is 0.491 e. The van der Waals surface area contributed by atoms with Crippen LogP contribution in [0.4, 0.5) is 0 Å². The van der Waals surface area contributed by atoms with Crippen LogP contribution < -0.4 is 15.4 Å². The summed E-state index contributed by atoms with van der Waals surface area (Å²) in [6.45, 7) is 3.97. The molecular weight excluding hydrogens is 268 g/mol. The molecule has 1 unspecified atom stereocenters. The van der Waals surface area contributed by atoms with Gasteiger partial charge in [-0.25, -0.2) is 0 Å². The van der Waals surface area contributed by atoms with E-state index in [2.05, 4.69) is 10.6 Å². The molecule has 1 aromatic carbocycles. The highest BCUT2D eigenvalue weighted by Crippen LogP contribution is 2.13. The molecule has 116 valence electrons. The number of ether oxygens (including phenoxy) is 2. The summed E-state index contributed by atoms with van der Waals surface area (Å²) in [5.74, 6) is 1.42. The Balaban J connectivity index is 1.71. The van der Waals surface area contributed by atoms with Crippen LogP contribution in [0.1, 0.15) is 23.2 Å². The molecule has 21 heavy (non-hydrogen) atoms. The van der Waals surface area contributed by atoms with Gasteiger partial charge in [-0.05, 0) is 56.1 Å². The zero-order chi connectivity index (χ0) is 14.9. The second kappa shape index (κ2) is 8.64. The second-order valence-electron chi connectivity index (χ2n) is 5.27. The third-order valence-electron chi connectivity index (χ3n) is 3.67. The highest BCUT2D eigenvalue weighted by atomic mass is 16.5. The molecule has 5 heteroatoms. The lowest BCUT2D eigenvalue weighted by Crippen LogP contribution is -2.26. The average Bonchev–Trinajstić information content (AvgIpc) is 3.01. The van der Waals surface area contributed by atoms with E-state index in [-0.39, 0.29) is 5.91 Å². The molecule has 0 aliphatic carbocycles. The first-order chi connectivity index (χ1) is 10.3. The van der Waals surface area contributed by atoms with Crippen molar-refractivity contribution in [3.8, 4) is 5.75 Å². The Hall–Kier alpha value is -1.59. The molecule has 1 aliphatic rings. The van der Waals surface area contributed by atoms with Crippen molar-refractivity contribution >= 4 is 5.91 Å². The van der Waals surface area contributed by atoms with Gasteiger partial charge in [0.05, 0.1) is 6.61 Å². The molecule has 0 aromatic heterocycles. The van der Waals surface area contributed by atoms with E-state index >= 15 is 0 Å². The van der Waals surface area contributed by atoms with Gasteiger partial charge < -0.3 is 20.1 Å². The van der Waals surface area contributed by atoms with Gasteiger partial charge in [0.25, 0.3) is 5.91 Å². The Morgan fingerprint density at radius 2 is 2.14 bits per heavy atom. The minimum Gasteiger partial charge on any atom is -0.491 e. The number of nitrogens with one attached hydrogen (secondary N) is 2. The smallest absolute Gasteiger partial charge is 0.251 e. The molecule has 5 nitrogen and oxygen atoms in total. The van der Waals surface area contributed by atoms with Crippen LogP contribution in [0.5, 0.6) is 5.75 Å². The lowest BCUT2D eigenvalue weighted by atomic mass is 10.1. The predicted molar refractivity (Wildman–Crippen MR) is 81.7 cm³/mol. The molecule has 1 aliphatic heterocycles. The lowest BCUT2D eigenvalue weighted by molar-refractivity contribution is 0.0951. The van der Waals surface area contributed by atoms with Gasteiger partial charge in [0.15, 0.2) is 0 Å². The summed E-state index contributed by atoms with van der Waals surface area (Å²) >= 11 is 0. The van der Waals surface area contributed by atoms with Crippen LogP contribution in [0.3, 0.4) is 0 Å². The molecule has 0 bridgehead atoms. The summed E-state index contributed by atoms with van der Waals surface area (Å²) < 4.78 is 10.4. The van der Waals surface area contributed by atoms with Crippen molar-refractivity contribution in [1.29, 1.82) is 0 Å². The number of hydrogen-bond acceptors (Lipinski definition) is 4. The Kier molecular flexibility index (Phi) is 6.50. The normalized spacial score (nSPS) is 17.7. The van der Waals surface area contributed by atoms with Crippen molar-refractivity contribution < 1.29 is 14.3 Å². The molecule has 0 saturated carbocycles. The van der Waals surface area contributed by atoms with Crippen molar-refractivity contribution in [2.75, 3.05) is 40.0 Å². The summed E-state index contributed by atoms with van der Waals surface area (Å²) in [7, 11) is 1.64. The molecular formula is C16H24N2O3. The van der Waals surface area contributed by atoms with Crippen molar-refractivity contribution in [2.45, 2.75) is 12.8 Å². The molecule has 1 heterocycles. The first-order valence-corrected chi connectivity index (χ1v) is 7.50. The third-order valence-corrected chi connectivity index (χ3v) is 3.67. The second-order valence-corrected chi connectivity index (χ2v) is 5.27. The van der Waals surface area contributed by atoms with E-state index < -0.39 is 0 Å². The lowest BCUT2D eigenvalue weighted by Gasteiger charge is -2.10. The van der Waals surface area contributed by atoms with Crippen molar-refractivity contribution in [3.05, 3.63) is 29.8 Å². The number of amides is 1. The van der Waals surface area contributed by atoms with Gasteiger partial charge in [-0.2, -0.15) is 0 Å². The van der Waals surface area contributed by atoms with E-state index in [9.17, 15) is 4.79 Å². The topological polar surface area (TPSA) is 59.6 Å². The summed E-state index contributed by atoms with van der Waals surface area (Å²) in [6, 6.07) is 7.19. The Morgan fingerprint density at radius 1 is 1.33 bits per heavy atom. The van der Waals surface area contributed by atoms with Gasteiger partial charge in [0.1, 0.15) is 12.4 Å². The van der Waals surface area contributed by atoms with Crippen LogP contribution in [0.15, 0.2) is 24.3 Å². The van der Waals surface area contributed by atoms with Gasteiger partial charge in [-0.1, -0.05) is 0 Å². The van der Waals surface area contributed by atoms with Gasteiger partial charge in [0, 0.05) is 19.2 Å². The molecule has 1 saturated heterocycles. The molecule has 1 amide bonds. The van der Waals surface area contributed by atoms with E-state index in [0.717, 1.165) is 31.8 Å².